The molecule has 4 aromatic rings. The lowest BCUT2D eigenvalue weighted by Gasteiger charge is -2.33. The number of hydrogen-bond acceptors (Lipinski definition) is 5. The van der Waals surface area contributed by atoms with Crippen LogP contribution in [0.5, 0.6) is 11.5 Å². The molecule has 1 aliphatic carbocycles. The van der Waals surface area contributed by atoms with E-state index in [1.807, 2.05) is 67.6 Å². The number of ether oxygens (including phenoxy) is 1. The number of amides is 2. The number of sulfonamides is 1. The Morgan fingerprint density at radius 3 is 2.04 bits per heavy atom. The lowest BCUT2D eigenvalue weighted by molar-refractivity contribution is -0.139. The first kappa shape index (κ1) is 33.7. The van der Waals surface area contributed by atoms with Gasteiger partial charge in [0.15, 0.2) is 0 Å². The van der Waals surface area contributed by atoms with Gasteiger partial charge in [-0.3, -0.25) is 13.9 Å². The van der Waals surface area contributed by atoms with Crippen molar-refractivity contribution in [2.24, 2.45) is 0 Å². The molecule has 5 rings (SSSR count). The highest BCUT2D eigenvalue weighted by Gasteiger charge is 2.33. The van der Waals surface area contributed by atoms with Gasteiger partial charge in [-0.2, -0.15) is 0 Å². The van der Waals surface area contributed by atoms with Gasteiger partial charge < -0.3 is 15.0 Å². The van der Waals surface area contributed by atoms with E-state index in [0.29, 0.717) is 23.6 Å². The van der Waals surface area contributed by atoms with E-state index in [-0.39, 0.29) is 23.4 Å². The molecule has 8 nitrogen and oxygen atoms in total. The Balaban J connectivity index is 1.43. The third kappa shape index (κ3) is 9.01. The number of rotatable bonds is 13. The average Bonchev–Trinajstić information content (AvgIpc) is 3.09. The minimum atomic E-state index is -4.16. The van der Waals surface area contributed by atoms with Gasteiger partial charge in [0, 0.05) is 12.6 Å². The second-order valence-corrected chi connectivity index (χ2v) is 13.9. The van der Waals surface area contributed by atoms with Gasteiger partial charge in [0.2, 0.25) is 11.8 Å². The second-order valence-electron chi connectivity index (χ2n) is 12.1. The maximum atomic E-state index is 14.2. The van der Waals surface area contributed by atoms with Crippen LogP contribution in [-0.4, -0.2) is 50.3 Å². The summed E-state index contributed by atoms with van der Waals surface area (Å²) in [5.41, 5.74) is 2.24. The van der Waals surface area contributed by atoms with Crippen molar-refractivity contribution in [1.82, 2.24) is 10.2 Å². The Hall–Kier alpha value is -4.63. The van der Waals surface area contributed by atoms with E-state index in [0.717, 1.165) is 47.5 Å². The fourth-order valence-corrected chi connectivity index (χ4v) is 7.22. The summed E-state index contributed by atoms with van der Waals surface area (Å²) < 4.78 is 35.4. The van der Waals surface area contributed by atoms with Crippen molar-refractivity contribution in [3.63, 3.8) is 0 Å². The lowest BCUT2D eigenvalue weighted by atomic mass is 9.95. The van der Waals surface area contributed by atoms with Crippen molar-refractivity contribution in [3.05, 3.63) is 120 Å². The molecule has 1 fully saturated rings. The third-order valence-electron chi connectivity index (χ3n) is 8.59. The standard InChI is InChI=1S/C38H43N3O5S/c1-29-18-24-36(25-19-29)47(44,45)41(33-20-22-35(23-21-33)46-34-16-10-5-11-17-34)28-37(42)40(27-26-31-12-6-3-7-13-31)30(2)38(43)39-32-14-8-4-9-15-32/h3,5-7,10-13,16-25,30,32H,4,8-9,14-15,26-28H2,1-2H3,(H,39,43). The second kappa shape index (κ2) is 15.8. The van der Waals surface area contributed by atoms with E-state index in [2.05, 4.69) is 5.32 Å². The zero-order chi connectivity index (χ0) is 33.2. The van der Waals surface area contributed by atoms with Crippen LogP contribution in [0.3, 0.4) is 0 Å². The van der Waals surface area contributed by atoms with Crippen LogP contribution < -0.4 is 14.4 Å². The monoisotopic (exact) mass is 653 g/mol. The van der Waals surface area contributed by atoms with Gasteiger partial charge in [-0.05, 0) is 87.2 Å². The van der Waals surface area contributed by atoms with E-state index in [1.165, 1.54) is 4.90 Å². The highest BCUT2D eigenvalue weighted by molar-refractivity contribution is 7.92. The molecule has 0 heterocycles. The molecule has 47 heavy (non-hydrogen) atoms. The number of carbonyl (C=O) groups excluding carboxylic acids is 2. The predicted molar refractivity (Wildman–Crippen MR) is 185 cm³/mol. The smallest absolute Gasteiger partial charge is 0.264 e. The summed E-state index contributed by atoms with van der Waals surface area (Å²) in [6.45, 7) is 3.37. The zero-order valence-corrected chi connectivity index (χ0v) is 27.9. The summed E-state index contributed by atoms with van der Waals surface area (Å²) in [6.07, 6.45) is 5.65. The molecular formula is C38H43N3O5S. The summed E-state index contributed by atoms with van der Waals surface area (Å²) in [5.74, 6) is 0.478. The Morgan fingerprint density at radius 1 is 0.809 bits per heavy atom. The van der Waals surface area contributed by atoms with Crippen molar-refractivity contribution in [1.29, 1.82) is 0 Å². The van der Waals surface area contributed by atoms with Gasteiger partial charge in [0.25, 0.3) is 10.0 Å². The summed E-state index contributed by atoms with van der Waals surface area (Å²) in [4.78, 5) is 29.3. The molecule has 0 aromatic heterocycles. The number of benzene rings is 4. The molecule has 1 atom stereocenters. The molecule has 246 valence electrons. The molecule has 4 aromatic carbocycles. The van der Waals surface area contributed by atoms with E-state index < -0.39 is 28.5 Å². The van der Waals surface area contributed by atoms with Crippen LogP contribution in [0.1, 0.15) is 50.2 Å². The average molecular weight is 654 g/mol. The van der Waals surface area contributed by atoms with E-state index >= 15 is 0 Å². The predicted octanol–water partition coefficient (Wildman–Crippen LogP) is 6.89. The topological polar surface area (TPSA) is 96.0 Å². The van der Waals surface area contributed by atoms with Crippen molar-refractivity contribution in [3.8, 4) is 11.5 Å². The Morgan fingerprint density at radius 2 is 1.40 bits per heavy atom. The maximum Gasteiger partial charge on any atom is 0.264 e. The number of nitrogens with one attached hydrogen (secondary N) is 1. The van der Waals surface area contributed by atoms with Gasteiger partial charge in [0.05, 0.1) is 10.6 Å². The van der Waals surface area contributed by atoms with Crippen LogP contribution in [-0.2, 0) is 26.0 Å². The molecule has 0 saturated heterocycles. The molecule has 1 unspecified atom stereocenters. The lowest BCUT2D eigenvalue weighted by Crippen LogP contribution is -2.53. The molecule has 2 amide bonds. The molecule has 0 aliphatic heterocycles. The quantitative estimate of drug-likeness (QED) is 0.170. The van der Waals surface area contributed by atoms with Gasteiger partial charge in [-0.1, -0.05) is 85.5 Å². The molecule has 0 bridgehead atoms. The van der Waals surface area contributed by atoms with Gasteiger partial charge in [0.1, 0.15) is 24.1 Å². The van der Waals surface area contributed by atoms with E-state index in [1.54, 1.807) is 55.5 Å². The molecule has 0 radical (unpaired) electrons. The third-order valence-corrected chi connectivity index (χ3v) is 10.4. The fourth-order valence-electron chi connectivity index (χ4n) is 5.81. The van der Waals surface area contributed by atoms with Crippen LogP contribution in [0, 0.1) is 6.92 Å². The SMILES string of the molecule is Cc1ccc(S(=O)(=O)N(CC(=O)N(CCc2ccccc2)C(C)C(=O)NC2CCCCC2)c2ccc(Oc3ccccc3)cc2)cc1. The molecular weight excluding hydrogens is 611 g/mol. The minimum Gasteiger partial charge on any atom is -0.457 e. The van der Waals surface area contributed by atoms with Gasteiger partial charge >= 0.3 is 0 Å². The Labute approximate surface area is 278 Å². The van der Waals surface area contributed by atoms with Crippen LogP contribution in [0.15, 0.2) is 114 Å². The molecule has 1 saturated carbocycles. The molecule has 1 aliphatic rings. The van der Waals surface area contributed by atoms with Crippen LogP contribution in [0.25, 0.3) is 0 Å². The number of para-hydroxylation sites is 1. The zero-order valence-electron chi connectivity index (χ0n) is 27.0. The maximum absolute atomic E-state index is 14.2. The summed E-state index contributed by atoms with van der Waals surface area (Å²) in [7, 11) is -4.16. The van der Waals surface area contributed by atoms with Crippen molar-refractivity contribution >= 4 is 27.5 Å². The highest BCUT2D eigenvalue weighted by atomic mass is 32.2. The molecule has 0 spiro atoms. The number of anilines is 1. The first-order valence-corrected chi connectivity index (χ1v) is 17.7. The highest BCUT2D eigenvalue weighted by Crippen LogP contribution is 2.29. The molecule has 9 heteroatoms. The van der Waals surface area contributed by atoms with Crippen LogP contribution in [0.4, 0.5) is 5.69 Å². The first-order valence-electron chi connectivity index (χ1n) is 16.3. The first-order chi connectivity index (χ1) is 22.7. The van der Waals surface area contributed by atoms with Crippen LogP contribution >= 0.6 is 0 Å². The minimum absolute atomic E-state index is 0.0689. The number of hydrogen-bond donors (Lipinski definition) is 1. The molecule has 1 N–H and O–H groups in total. The van der Waals surface area contributed by atoms with Crippen molar-refractivity contribution in [2.75, 3.05) is 17.4 Å². The summed E-state index contributed by atoms with van der Waals surface area (Å²) >= 11 is 0. The Bertz CT molecular complexity index is 1710. The normalized spacial score (nSPS) is 14.2. The van der Waals surface area contributed by atoms with E-state index in [9.17, 15) is 18.0 Å². The van der Waals surface area contributed by atoms with Crippen molar-refractivity contribution < 1.29 is 22.7 Å². The van der Waals surface area contributed by atoms with Gasteiger partial charge in [-0.15, -0.1) is 0 Å². The van der Waals surface area contributed by atoms with Crippen molar-refractivity contribution in [2.45, 2.75) is 69.4 Å². The van der Waals surface area contributed by atoms with Gasteiger partial charge in [-0.25, -0.2) is 8.42 Å². The number of aryl methyl sites for hydroxylation is 1. The van der Waals surface area contributed by atoms with E-state index in [4.69, 9.17) is 4.74 Å². The summed E-state index contributed by atoms with van der Waals surface area (Å²) in [5, 5.41) is 3.15. The Kier molecular flexibility index (Phi) is 11.3. The summed E-state index contributed by atoms with van der Waals surface area (Å²) in [6, 6.07) is 31.5. The largest absolute Gasteiger partial charge is 0.457 e. The number of nitrogens with zero attached hydrogens (tertiary/aromatic N) is 2. The number of carbonyl (C=O) groups is 2. The fraction of sp³-hybridized carbons (Fsp3) is 0.316. The van der Waals surface area contributed by atoms with Crippen LogP contribution in [0.2, 0.25) is 0 Å².